The number of aryl methyl sites for hydroxylation is 1. The van der Waals surface area contributed by atoms with Crippen LogP contribution in [0.15, 0.2) is 150 Å². The van der Waals surface area contributed by atoms with Crippen LogP contribution in [0.5, 0.6) is 0 Å². The van der Waals surface area contributed by atoms with Crippen LogP contribution in [0.4, 0.5) is 10.7 Å². The third kappa shape index (κ3) is 9.81. The molecule has 1 aromatic heterocycles. The van der Waals surface area contributed by atoms with Crippen molar-refractivity contribution in [1.82, 2.24) is 10.2 Å². The molecule has 0 bridgehead atoms. The number of carbonyl (C=O) groups is 4. The van der Waals surface area contributed by atoms with Crippen molar-refractivity contribution in [2.24, 2.45) is 0 Å². The Morgan fingerprint density at radius 1 is 0.828 bits per heavy atom. The number of hydrogen-bond acceptors (Lipinski definition) is 8. The number of ether oxygens (including phenoxy) is 1. The van der Waals surface area contributed by atoms with E-state index in [-0.39, 0.29) is 11.6 Å². The first-order valence-corrected chi connectivity index (χ1v) is 20.5. The standard InChI is InChI=1S/C47H42N4O5S2/c1-31-15-12-13-22-35(31)27-39(49-43(52)34-20-10-5-11-21-34)44(53)48-36-23-14-24-37(28-36)57-42(33-18-8-4-9-19-33)45(54)50-46-41(47(55)56-2)38-25-26-51(30-40(38)58-46)29-32-16-6-3-7-17-32/h3-24,27-28,42H,25-26,29-30H2,1-2H3,(H,48,53)(H,49,52)(H,50,54)/b39-27-. The van der Waals surface area contributed by atoms with E-state index in [1.54, 1.807) is 48.5 Å². The quantitative estimate of drug-likeness (QED) is 0.0606. The number of rotatable bonds is 13. The average Bonchev–Trinajstić information content (AvgIpc) is 3.60. The van der Waals surface area contributed by atoms with Gasteiger partial charge in [-0.3, -0.25) is 19.3 Å². The smallest absolute Gasteiger partial charge is 0.341 e. The molecule has 0 aliphatic carbocycles. The molecule has 0 spiro atoms. The maximum atomic E-state index is 14.4. The predicted molar refractivity (Wildman–Crippen MR) is 232 cm³/mol. The lowest BCUT2D eigenvalue weighted by atomic mass is 10.0. The largest absolute Gasteiger partial charge is 0.465 e. The van der Waals surface area contributed by atoms with Gasteiger partial charge in [0.2, 0.25) is 5.91 Å². The van der Waals surface area contributed by atoms with Crippen LogP contribution in [-0.2, 0) is 33.8 Å². The molecule has 0 saturated carbocycles. The summed E-state index contributed by atoms with van der Waals surface area (Å²) in [4.78, 5) is 58.8. The van der Waals surface area contributed by atoms with Gasteiger partial charge in [-0.15, -0.1) is 23.1 Å². The monoisotopic (exact) mass is 806 g/mol. The lowest BCUT2D eigenvalue weighted by molar-refractivity contribution is -0.116. The lowest BCUT2D eigenvalue weighted by Crippen LogP contribution is -2.30. The fourth-order valence-electron chi connectivity index (χ4n) is 6.75. The summed E-state index contributed by atoms with van der Waals surface area (Å²) in [6.07, 6.45) is 2.32. The maximum absolute atomic E-state index is 14.4. The van der Waals surface area contributed by atoms with E-state index < -0.39 is 23.0 Å². The summed E-state index contributed by atoms with van der Waals surface area (Å²) >= 11 is 2.74. The third-order valence-corrected chi connectivity index (χ3v) is 12.1. The molecule has 7 rings (SSSR count). The van der Waals surface area contributed by atoms with Gasteiger partial charge in [-0.25, -0.2) is 4.79 Å². The summed E-state index contributed by atoms with van der Waals surface area (Å²) in [6.45, 7) is 4.14. The van der Waals surface area contributed by atoms with Gasteiger partial charge < -0.3 is 20.7 Å². The number of thiophene rings is 1. The number of hydrogen-bond donors (Lipinski definition) is 3. The van der Waals surface area contributed by atoms with Crippen molar-refractivity contribution in [1.29, 1.82) is 0 Å². The molecule has 3 amide bonds. The van der Waals surface area contributed by atoms with Crippen molar-refractivity contribution in [3.8, 4) is 0 Å². The summed E-state index contributed by atoms with van der Waals surface area (Å²) in [5, 5.41) is 8.61. The van der Waals surface area contributed by atoms with Crippen molar-refractivity contribution >= 4 is 63.6 Å². The minimum absolute atomic E-state index is 0.0750. The number of carbonyl (C=O) groups excluding carboxylic acids is 4. The molecule has 1 unspecified atom stereocenters. The van der Waals surface area contributed by atoms with Gasteiger partial charge in [-0.05, 0) is 77.6 Å². The molecule has 2 heterocycles. The molecule has 11 heteroatoms. The molecule has 6 aromatic rings. The molecular weight excluding hydrogens is 765 g/mol. The van der Waals surface area contributed by atoms with E-state index in [9.17, 15) is 19.2 Å². The minimum Gasteiger partial charge on any atom is -0.465 e. The Kier molecular flexibility index (Phi) is 12.9. The van der Waals surface area contributed by atoms with E-state index in [2.05, 4.69) is 33.0 Å². The van der Waals surface area contributed by atoms with Gasteiger partial charge in [0.15, 0.2) is 0 Å². The first kappa shape index (κ1) is 39.9. The molecule has 0 saturated heterocycles. The first-order valence-electron chi connectivity index (χ1n) is 18.8. The van der Waals surface area contributed by atoms with Crippen molar-refractivity contribution in [2.75, 3.05) is 24.3 Å². The van der Waals surface area contributed by atoms with Crippen molar-refractivity contribution < 1.29 is 23.9 Å². The van der Waals surface area contributed by atoms with Gasteiger partial charge in [-0.2, -0.15) is 0 Å². The van der Waals surface area contributed by atoms with Crippen LogP contribution >= 0.6 is 23.1 Å². The Hall–Kier alpha value is -6.27. The van der Waals surface area contributed by atoms with Crippen molar-refractivity contribution in [2.45, 2.75) is 36.6 Å². The van der Waals surface area contributed by atoms with Crippen LogP contribution in [0.2, 0.25) is 0 Å². The van der Waals surface area contributed by atoms with Gasteiger partial charge >= 0.3 is 5.97 Å². The third-order valence-electron chi connectivity index (χ3n) is 9.71. The number of anilines is 2. The zero-order valence-electron chi connectivity index (χ0n) is 32.1. The topological polar surface area (TPSA) is 117 Å². The summed E-state index contributed by atoms with van der Waals surface area (Å²) in [5.74, 6) is -1.70. The summed E-state index contributed by atoms with van der Waals surface area (Å²) in [5.41, 5.74) is 6.00. The Morgan fingerprint density at radius 3 is 2.24 bits per heavy atom. The second-order valence-electron chi connectivity index (χ2n) is 13.8. The van der Waals surface area contributed by atoms with Gasteiger partial charge in [0, 0.05) is 40.7 Å². The number of nitrogens with zero attached hydrogens (tertiary/aromatic N) is 1. The fraction of sp³-hybridized carbons (Fsp3) is 0.149. The molecule has 3 N–H and O–H groups in total. The van der Waals surface area contributed by atoms with Gasteiger partial charge in [-0.1, -0.05) is 109 Å². The fourth-order valence-corrected chi connectivity index (χ4v) is 9.11. The second kappa shape index (κ2) is 18.8. The van der Waals surface area contributed by atoms with E-state index in [1.165, 1.54) is 35.8 Å². The van der Waals surface area contributed by atoms with Crippen LogP contribution in [0.1, 0.15) is 58.7 Å². The molecule has 1 aliphatic rings. The summed E-state index contributed by atoms with van der Waals surface area (Å²) in [6, 6.07) is 43.2. The molecule has 58 heavy (non-hydrogen) atoms. The van der Waals surface area contributed by atoms with Crippen molar-refractivity contribution in [3.63, 3.8) is 0 Å². The Labute approximate surface area is 346 Å². The van der Waals surface area contributed by atoms with E-state index in [1.807, 2.05) is 91.9 Å². The molecule has 0 fully saturated rings. The van der Waals surface area contributed by atoms with Gasteiger partial charge in [0.05, 0.1) is 12.7 Å². The molecule has 1 aliphatic heterocycles. The Balaban J connectivity index is 1.12. The highest BCUT2D eigenvalue weighted by molar-refractivity contribution is 8.00. The molecule has 292 valence electrons. The average molecular weight is 807 g/mol. The first-order chi connectivity index (χ1) is 28.2. The van der Waals surface area contributed by atoms with E-state index in [0.29, 0.717) is 34.8 Å². The van der Waals surface area contributed by atoms with E-state index in [4.69, 9.17) is 4.74 Å². The number of amides is 3. The number of benzene rings is 5. The maximum Gasteiger partial charge on any atom is 0.341 e. The van der Waals surface area contributed by atoms with Crippen molar-refractivity contribution in [3.05, 3.63) is 189 Å². The summed E-state index contributed by atoms with van der Waals surface area (Å²) < 4.78 is 5.23. The second-order valence-corrected chi connectivity index (χ2v) is 16.0. The lowest BCUT2D eigenvalue weighted by Gasteiger charge is -2.27. The highest BCUT2D eigenvalue weighted by Crippen LogP contribution is 2.41. The van der Waals surface area contributed by atoms with E-state index >= 15 is 0 Å². The normalized spacial score (nSPS) is 13.2. The Morgan fingerprint density at radius 2 is 1.52 bits per heavy atom. The zero-order valence-corrected chi connectivity index (χ0v) is 33.7. The van der Waals surface area contributed by atoms with Crippen LogP contribution in [0.3, 0.4) is 0 Å². The molecule has 0 radical (unpaired) electrons. The number of nitrogens with one attached hydrogen (secondary N) is 3. The van der Waals surface area contributed by atoms with Crippen LogP contribution in [0, 0.1) is 6.92 Å². The molecular formula is C47H42N4O5S2. The predicted octanol–water partition coefficient (Wildman–Crippen LogP) is 9.28. The SMILES string of the molecule is COC(=O)c1c(NC(=O)C(Sc2cccc(NC(=O)/C(=C/c3ccccc3C)NC(=O)c3ccccc3)c2)c2ccccc2)sc2c1CCN(Cc1ccccc1)C2. The highest BCUT2D eigenvalue weighted by atomic mass is 32.2. The van der Waals surface area contributed by atoms with Gasteiger partial charge in [0.1, 0.15) is 15.9 Å². The molecule has 5 aromatic carbocycles. The Bertz CT molecular complexity index is 2450. The highest BCUT2D eigenvalue weighted by Gasteiger charge is 2.31. The molecule has 9 nitrogen and oxygen atoms in total. The minimum atomic E-state index is -0.715. The van der Waals surface area contributed by atoms with E-state index in [0.717, 1.165) is 45.1 Å². The molecule has 1 atom stereocenters. The number of fused-ring (bicyclic) bond motifs is 1. The van der Waals surface area contributed by atoms with Crippen LogP contribution in [-0.4, -0.2) is 42.2 Å². The number of thioether (sulfide) groups is 1. The number of esters is 1. The van der Waals surface area contributed by atoms with Crippen LogP contribution < -0.4 is 16.0 Å². The summed E-state index contributed by atoms with van der Waals surface area (Å²) in [7, 11) is 1.36. The van der Waals surface area contributed by atoms with Gasteiger partial charge in [0.25, 0.3) is 11.8 Å². The number of methoxy groups -OCH3 is 1. The zero-order chi connectivity index (χ0) is 40.4. The van der Waals surface area contributed by atoms with Crippen LogP contribution in [0.25, 0.3) is 6.08 Å².